The van der Waals surface area contributed by atoms with Crippen LogP contribution in [0.3, 0.4) is 0 Å². The third-order valence-corrected chi connectivity index (χ3v) is 1.90. The summed E-state index contributed by atoms with van der Waals surface area (Å²) in [5.41, 5.74) is 0. The Morgan fingerprint density at radius 2 is 1.71 bits per heavy atom. The van der Waals surface area contributed by atoms with Gasteiger partial charge in [0, 0.05) is 13.2 Å². The molecule has 0 fully saturated rings. The highest BCUT2D eigenvalue weighted by Gasteiger charge is 1.93. The van der Waals surface area contributed by atoms with E-state index >= 15 is 0 Å². The van der Waals surface area contributed by atoms with Crippen LogP contribution >= 0.6 is 0 Å². The largest absolute Gasteiger partial charge is 0.379 e. The predicted molar refractivity (Wildman–Crippen MR) is 59.6 cm³/mol. The van der Waals surface area contributed by atoms with Crippen molar-refractivity contribution >= 4 is 0 Å². The lowest BCUT2D eigenvalue weighted by Crippen LogP contribution is -2.22. The van der Waals surface area contributed by atoms with Crippen LogP contribution < -0.4 is 5.32 Å². The van der Waals surface area contributed by atoms with Crippen molar-refractivity contribution in [1.29, 1.82) is 0 Å². The molecule has 0 atom stereocenters. The average Bonchev–Trinajstić information content (AvgIpc) is 2.15. The fraction of sp³-hybridized carbons (Fsp3) is 1.00. The van der Waals surface area contributed by atoms with Crippen LogP contribution in [0.2, 0.25) is 0 Å². The molecule has 0 rings (SSSR count). The van der Waals surface area contributed by atoms with Crippen LogP contribution in [0, 0.1) is 5.92 Å². The fourth-order valence-corrected chi connectivity index (χ4v) is 1.02. The second-order valence-electron chi connectivity index (χ2n) is 3.74. The zero-order valence-electron chi connectivity index (χ0n) is 9.84. The van der Waals surface area contributed by atoms with E-state index in [1.807, 2.05) is 6.92 Å². The second kappa shape index (κ2) is 11.0. The van der Waals surface area contributed by atoms with Crippen molar-refractivity contribution in [2.45, 2.75) is 27.2 Å². The molecule has 3 nitrogen and oxygen atoms in total. The molecule has 0 amide bonds. The summed E-state index contributed by atoms with van der Waals surface area (Å²) < 4.78 is 10.5. The van der Waals surface area contributed by atoms with Gasteiger partial charge in [-0.2, -0.15) is 0 Å². The lowest BCUT2D eigenvalue weighted by Gasteiger charge is -2.07. The lowest BCUT2D eigenvalue weighted by molar-refractivity contribution is 0.0540. The van der Waals surface area contributed by atoms with Gasteiger partial charge in [0.05, 0.1) is 19.8 Å². The Labute approximate surface area is 88.2 Å². The molecule has 0 spiro atoms. The topological polar surface area (TPSA) is 30.5 Å². The Morgan fingerprint density at radius 1 is 1.00 bits per heavy atom. The molecule has 0 bridgehead atoms. The van der Waals surface area contributed by atoms with Crippen molar-refractivity contribution in [2.75, 3.05) is 39.5 Å². The van der Waals surface area contributed by atoms with Gasteiger partial charge in [-0.05, 0) is 25.8 Å². The van der Waals surface area contributed by atoms with E-state index in [1.165, 1.54) is 6.42 Å². The predicted octanol–water partition coefficient (Wildman–Crippen LogP) is 1.68. The first kappa shape index (κ1) is 13.9. The van der Waals surface area contributed by atoms with Gasteiger partial charge in [-0.1, -0.05) is 13.8 Å². The van der Waals surface area contributed by atoms with Crippen LogP contribution in [-0.4, -0.2) is 39.5 Å². The molecule has 0 heterocycles. The van der Waals surface area contributed by atoms with Crippen LogP contribution in [0.4, 0.5) is 0 Å². The van der Waals surface area contributed by atoms with Gasteiger partial charge in [0.2, 0.25) is 0 Å². The number of ether oxygens (including phenoxy) is 2. The summed E-state index contributed by atoms with van der Waals surface area (Å²) in [5.74, 6) is 0.779. The van der Waals surface area contributed by atoms with Crippen LogP contribution in [-0.2, 0) is 9.47 Å². The van der Waals surface area contributed by atoms with E-state index < -0.39 is 0 Å². The Morgan fingerprint density at radius 3 is 2.36 bits per heavy atom. The molecule has 0 radical (unpaired) electrons. The van der Waals surface area contributed by atoms with E-state index in [0.29, 0.717) is 13.2 Å². The van der Waals surface area contributed by atoms with Gasteiger partial charge in [-0.3, -0.25) is 0 Å². The lowest BCUT2D eigenvalue weighted by atomic mass is 10.1. The smallest absolute Gasteiger partial charge is 0.0701 e. The third kappa shape index (κ3) is 11.9. The van der Waals surface area contributed by atoms with Crippen LogP contribution in [0.5, 0.6) is 0 Å². The Bertz CT molecular complexity index is 107. The van der Waals surface area contributed by atoms with Gasteiger partial charge >= 0.3 is 0 Å². The Balaban J connectivity index is 2.85. The van der Waals surface area contributed by atoms with E-state index in [9.17, 15) is 0 Å². The van der Waals surface area contributed by atoms with E-state index in [-0.39, 0.29) is 0 Å². The maximum atomic E-state index is 5.36. The van der Waals surface area contributed by atoms with Crippen LogP contribution in [0.25, 0.3) is 0 Å². The summed E-state index contributed by atoms with van der Waals surface area (Å²) in [5, 5.41) is 3.34. The monoisotopic (exact) mass is 203 g/mol. The fourth-order valence-electron chi connectivity index (χ4n) is 1.02. The minimum absolute atomic E-state index is 0.708. The molecule has 0 saturated carbocycles. The molecular weight excluding hydrogens is 178 g/mol. The average molecular weight is 203 g/mol. The van der Waals surface area contributed by atoms with Crippen LogP contribution in [0.15, 0.2) is 0 Å². The molecular formula is C11H25NO2. The molecule has 0 aliphatic heterocycles. The maximum Gasteiger partial charge on any atom is 0.0701 e. The molecule has 0 aromatic rings. The summed E-state index contributed by atoms with van der Waals surface area (Å²) in [6, 6.07) is 0. The minimum atomic E-state index is 0.708. The highest BCUT2D eigenvalue weighted by atomic mass is 16.5. The normalized spacial score (nSPS) is 11.1. The van der Waals surface area contributed by atoms with Gasteiger partial charge in [0.15, 0.2) is 0 Å². The summed E-state index contributed by atoms with van der Waals surface area (Å²) >= 11 is 0. The molecule has 0 saturated heterocycles. The zero-order valence-corrected chi connectivity index (χ0v) is 9.84. The quantitative estimate of drug-likeness (QED) is 0.548. The first-order valence-electron chi connectivity index (χ1n) is 5.63. The zero-order chi connectivity index (χ0) is 10.6. The first-order valence-corrected chi connectivity index (χ1v) is 5.63. The summed E-state index contributed by atoms with van der Waals surface area (Å²) in [6.07, 6.45) is 1.24. The maximum absolute atomic E-state index is 5.36. The van der Waals surface area contributed by atoms with E-state index in [1.54, 1.807) is 0 Å². The van der Waals surface area contributed by atoms with Gasteiger partial charge in [0.25, 0.3) is 0 Å². The van der Waals surface area contributed by atoms with E-state index in [2.05, 4.69) is 19.2 Å². The standard InChI is InChI=1S/C11H25NO2/c1-4-13-9-10-14-8-7-12-6-5-11(2)3/h11-12H,4-10H2,1-3H3. The van der Waals surface area contributed by atoms with Gasteiger partial charge in [-0.25, -0.2) is 0 Å². The molecule has 1 N–H and O–H groups in total. The van der Waals surface area contributed by atoms with Crippen molar-refractivity contribution in [3.63, 3.8) is 0 Å². The highest BCUT2D eigenvalue weighted by molar-refractivity contribution is 4.50. The summed E-state index contributed by atoms with van der Waals surface area (Å²) in [4.78, 5) is 0. The molecule has 0 unspecified atom stereocenters. The number of rotatable bonds is 10. The van der Waals surface area contributed by atoms with Crippen LogP contribution in [0.1, 0.15) is 27.2 Å². The number of nitrogens with one attached hydrogen (secondary N) is 1. The molecule has 0 aromatic heterocycles. The third-order valence-electron chi connectivity index (χ3n) is 1.90. The van der Waals surface area contributed by atoms with E-state index in [0.717, 1.165) is 32.2 Å². The molecule has 14 heavy (non-hydrogen) atoms. The van der Waals surface area contributed by atoms with Crippen molar-refractivity contribution in [2.24, 2.45) is 5.92 Å². The van der Waals surface area contributed by atoms with Gasteiger partial charge in [-0.15, -0.1) is 0 Å². The molecule has 0 aliphatic rings. The van der Waals surface area contributed by atoms with Crippen molar-refractivity contribution in [1.82, 2.24) is 5.32 Å². The van der Waals surface area contributed by atoms with Crippen molar-refractivity contribution in [3.05, 3.63) is 0 Å². The summed E-state index contributed by atoms with van der Waals surface area (Å²) in [7, 11) is 0. The highest BCUT2D eigenvalue weighted by Crippen LogP contribution is 1.95. The van der Waals surface area contributed by atoms with Crippen molar-refractivity contribution < 1.29 is 9.47 Å². The Hall–Kier alpha value is -0.120. The van der Waals surface area contributed by atoms with Gasteiger partial charge < -0.3 is 14.8 Å². The van der Waals surface area contributed by atoms with E-state index in [4.69, 9.17) is 9.47 Å². The molecule has 0 aromatic carbocycles. The summed E-state index contributed by atoms with van der Waals surface area (Å²) in [6.45, 7) is 11.5. The second-order valence-corrected chi connectivity index (χ2v) is 3.74. The number of hydrogen-bond donors (Lipinski definition) is 1. The molecule has 86 valence electrons. The number of hydrogen-bond acceptors (Lipinski definition) is 3. The van der Waals surface area contributed by atoms with Gasteiger partial charge in [0.1, 0.15) is 0 Å². The molecule has 3 heteroatoms. The SMILES string of the molecule is CCOCCOCCNCCC(C)C. The molecule has 0 aliphatic carbocycles. The van der Waals surface area contributed by atoms with Crippen molar-refractivity contribution in [3.8, 4) is 0 Å². The first-order chi connectivity index (χ1) is 6.77. The minimum Gasteiger partial charge on any atom is -0.379 e. The Kier molecular flexibility index (Phi) is 10.9.